The van der Waals surface area contributed by atoms with E-state index in [9.17, 15) is 19.1 Å². The van der Waals surface area contributed by atoms with Gasteiger partial charge in [-0.15, -0.1) is 0 Å². The molecule has 5 aromatic rings. The zero-order chi connectivity index (χ0) is 24.8. The van der Waals surface area contributed by atoms with Crippen LogP contribution in [0, 0.1) is 5.82 Å². The number of nitrogens with zero attached hydrogens (tertiary/aromatic N) is 3. The number of H-pyrrole nitrogens is 2. The summed E-state index contributed by atoms with van der Waals surface area (Å²) in [6, 6.07) is 17.4. The standard InChI is InChI=1S/C27H22FN5O3/c28-21-10-8-15(13-23-18-6-1-2-7-19(18)25(34)32-31-23)12-20(21)16-9-11-22-24(14-16)30-26(29-22)33(27(35)36)17-4-3-5-17/h1-2,6-12,14,17H,3-5,13H2,(H,29,30)(H,32,34)(H,35,36). The van der Waals surface area contributed by atoms with Crippen molar-refractivity contribution in [2.45, 2.75) is 31.7 Å². The minimum Gasteiger partial charge on any atom is -0.465 e. The van der Waals surface area contributed by atoms with Crippen molar-refractivity contribution >= 4 is 33.8 Å². The molecule has 0 aliphatic heterocycles. The van der Waals surface area contributed by atoms with Gasteiger partial charge in [0.05, 0.1) is 22.1 Å². The molecule has 9 heteroatoms. The molecule has 1 aliphatic carbocycles. The molecule has 180 valence electrons. The zero-order valence-electron chi connectivity index (χ0n) is 19.2. The van der Waals surface area contributed by atoms with Crippen LogP contribution in [0.2, 0.25) is 0 Å². The van der Waals surface area contributed by atoms with E-state index in [0.29, 0.717) is 39.7 Å². The summed E-state index contributed by atoms with van der Waals surface area (Å²) < 4.78 is 14.9. The van der Waals surface area contributed by atoms with Crippen molar-refractivity contribution in [2.24, 2.45) is 0 Å². The van der Waals surface area contributed by atoms with Crippen molar-refractivity contribution in [3.63, 3.8) is 0 Å². The molecule has 1 aliphatic rings. The van der Waals surface area contributed by atoms with Crippen LogP contribution >= 0.6 is 0 Å². The van der Waals surface area contributed by atoms with E-state index in [1.165, 1.54) is 11.0 Å². The maximum Gasteiger partial charge on any atom is 0.414 e. The van der Waals surface area contributed by atoms with Crippen LogP contribution in [0.25, 0.3) is 32.9 Å². The number of benzene rings is 3. The van der Waals surface area contributed by atoms with E-state index in [0.717, 1.165) is 30.2 Å². The molecule has 36 heavy (non-hydrogen) atoms. The van der Waals surface area contributed by atoms with Crippen molar-refractivity contribution in [2.75, 3.05) is 4.90 Å². The molecule has 2 aromatic heterocycles. The Kier molecular flexibility index (Phi) is 5.25. The number of halogens is 1. The lowest BCUT2D eigenvalue weighted by Gasteiger charge is -2.33. The van der Waals surface area contributed by atoms with Gasteiger partial charge in [-0.3, -0.25) is 4.79 Å². The fourth-order valence-corrected chi connectivity index (χ4v) is 4.75. The molecule has 2 heterocycles. The van der Waals surface area contributed by atoms with Crippen molar-refractivity contribution < 1.29 is 14.3 Å². The molecule has 0 saturated heterocycles. The number of amides is 1. The number of carboxylic acid groups (broad SMARTS) is 1. The highest BCUT2D eigenvalue weighted by atomic mass is 19.1. The van der Waals surface area contributed by atoms with Crippen LogP contribution < -0.4 is 10.5 Å². The first-order valence-electron chi connectivity index (χ1n) is 11.7. The topological polar surface area (TPSA) is 115 Å². The Morgan fingerprint density at radius 1 is 1.08 bits per heavy atom. The summed E-state index contributed by atoms with van der Waals surface area (Å²) in [6.45, 7) is 0. The maximum absolute atomic E-state index is 14.9. The van der Waals surface area contributed by atoms with Gasteiger partial charge in [0.1, 0.15) is 5.82 Å². The summed E-state index contributed by atoms with van der Waals surface area (Å²) in [5.74, 6) is -0.0941. The van der Waals surface area contributed by atoms with Crippen molar-refractivity contribution in [1.82, 2.24) is 20.2 Å². The molecule has 1 saturated carbocycles. The zero-order valence-corrected chi connectivity index (χ0v) is 19.2. The van der Waals surface area contributed by atoms with Gasteiger partial charge >= 0.3 is 6.09 Å². The maximum atomic E-state index is 14.9. The van der Waals surface area contributed by atoms with Gasteiger partial charge in [-0.05, 0) is 60.7 Å². The van der Waals surface area contributed by atoms with Crippen LogP contribution in [0.1, 0.15) is 30.5 Å². The first kappa shape index (κ1) is 22.0. The summed E-state index contributed by atoms with van der Waals surface area (Å²) in [5.41, 5.74) is 3.58. The van der Waals surface area contributed by atoms with E-state index in [4.69, 9.17) is 0 Å². The van der Waals surface area contributed by atoms with Crippen molar-refractivity contribution in [3.8, 4) is 11.1 Å². The van der Waals surface area contributed by atoms with E-state index in [1.54, 1.807) is 42.5 Å². The third kappa shape index (κ3) is 3.78. The van der Waals surface area contributed by atoms with Gasteiger partial charge in [0.15, 0.2) is 0 Å². The Hall–Kier alpha value is -4.53. The largest absolute Gasteiger partial charge is 0.465 e. The van der Waals surface area contributed by atoms with Crippen molar-refractivity contribution in [3.05, 3.63) is 88.1 Å². The molecular formula is C27H22FN5O3. The lowest BCUT2D eigenvalue weighted by atomic mass is 9.92. The lowest BCUT2D eigenvalue weighted by molar-refractivity contribution is 0.193. The molecule has 0 atom stereocenters. The SMILES string of the molecule is O=C(O)N(c1nc2ccc(-c3cc(Cc4n[nH]c(=O)c5ccccc45)ccc3F)cc2[nH]1)C1CCC1. The van der Waals surface area contributed by atoms with Crippen LogP contribution in [0.4, 0.5) is 15.1 Å². The Balaban J connectivity index is 1.36. The number of hydrogen-bond donors (Lipinski definition) is 3. The average Bonchev–Trinajstić information content (AvgIpc) is 3.27. The number of nitrogens with one attached hydrogen (secondary N) is 2. The summed E-state index contributed by atoms with van der Waals surface area (Å²) in [5, 5.41) is 17.8. The van der Waals surface area contributed by atoms with E-state index >= 15 is 0 Å². The monoisotopic (exact) mass is 483 g/mol. The Labute approximate surface area is 204 Å². The van der Waals surface area contributed by atoms with E-state index in [2.05, 4.69) is 20.2 Å². The van der Waals surface area contributed by atoms with E-state index < -0.39 is 6.09 Å². The molecule has 3 aromatic carbocycles. The predicted molar refractivity (Wildman–Crippen MR) is 135 cm³/mol. The van der Waals surface area contributed by atoms with Crippen LogP contribution in [-0.2, 0) is 6.42 Å². The Bertz CT molecular complexity index is 1690. The third-order valence-corrected chi connectivity index (χ3v) is 6.83. The highest BCUT2D eigenvalue weighted by molar-refractivity contribution is 5.90. The van der Waals surface area contributed by atoms with Gasteiger partial charge in [-0.1, -0.05) is 30.3 Å². The Morgan fingerprint density at radius 3 is 2.64 bits per heavy atom. The number of hydrogen-bond acceptors (Lipinski definition) is 4. The quantitative estimate of drug-likeness (QED) is 0.317. The van der Waals surface area contributed by atoms with Gasteiger partial charge in [-0.25, -0.2) is 24.2 Å². The lowest BCUT2D eigenvalue weighted by Crippen LogP contribution is -2.44. The predicted octanol–water partition coefficient (Wildman–Crippen LogP) is 5.23. The molecule has 6 rings (SSSR count). The summed E-state index contributed by atoms with van der Waals surface area (Å²) in [4.78, 5) is 32.8. The second kappa shape index (κ2) is 8.60. The fraction of sp³-hybridized carbons (Fsp3) is 0.185. The number of carbonyl (C=O) groups is 1. The fourth-order valence-electron chi connectivity index (χ4n) is 4.75. The summed E-state index contributed by atoms with van der Waals surface area (Å²) >= 11 is 0. The normalized spacial score (nSPS) is 13.7. The smallest absolute Gasteiger partial charge is 0.414 e. The van der Waals surface area contributed by atoms with Crippen LogP contribution in [0.5, 0.6) is 0 Å². The second-order valence-corrected chi connectivity index (χ2v) is 9.07. The van der Waals surface area contributed by atoms with Gasteiger partial charge in [0.25, 0.3) is 5.56 Å². The number of anilines is 1. The first-order valence-corrected chi connectivity index (χ1v) is 11.7. The minimum atomic E-state index is -1.04. The second-order valence-electron chi connectivity index (χ2n) is 9.07. The van der Waals surface area contributed by atoms with Crippen molar-refractivity contribution in [1.29, 1.82) is 0 Å². The van der Waals surface area contributed by atoms with Crippen LogP contribution in [0.3, 0.4) is 0 Å². The summed E-state index contributed by atoms with van der Waals surface area (Å²) in [6.07, 6.45) is 1.99. The highest BCUT2D eigenvalue weighted by Crippen LogP contribution is 2.32. The van der Waals surface area contributed by atoms with Crippen LogP contribution in [0.15, 0.2) is 65.5 Å². The van der Waals surface area contributed by atoms with Gasteiger partial charge in [-0.2, -0.15) is 5.10 Å². The molecular weight excluding hydrogens is 461 g/mol. The average molecular weight is 484 g/mol. The van der Waals surface area contributed by atoms with Crippen LogP contribution in [-0.4, -0.2) is 37.4 Å². The molecule has 0 bridgehead atoms. The van der Waals surface area contributed by atoms with Gasteiger partial charge < -0.3 is 10.1 Å². The minimum absolute atomic E-state index is 0.0747. The molecule has 1 fully saturated rings. The highest BCUT2D eigenvalue weighted by Gasteiger charge is 2.32. The molecule has 3 N–H and O–H groups in total. The molecule has 0 radical (unpaired) electrons. The van der Waals surface area contributed by atoms with E-state index in [-0.39, 0.29) is 23.4 Å². The third-order valence-electron chi connectivity index (χ3n) is 6.83. The molecule has 1 amide bonds. The van der Waals surface area contributed by atoms with E-state index in [1.807, 2.05) is 12.1 Å². The number of aromatic amines is 2. The van der Waals surface area contributed by atoms with Gasteiger partial charge in [0, 0.05) is 23.4 Å². The molecule has 0 spiro atoms. The molecule has 0 unspecified atom stereocenters. The Morgan fingerprint density at radius 2 is 1.89 bits per heavy atom. The number of fused-ring (bicyclic) bond motifs is 2. The molecule has 8 nitrogen and oxygen atoms in total. The first-order chi connectivity index (χ1) is 17.5. The summed E-state index contributed by atoms with van der Waals surface area (Å²) in [7, 11) is 0. The number of rotatable bonds is 5. The number of imidazole rings is 1. The number of aromatic nitrogens is 4. The van der Waals surface area contributed by atoms with Gasteiger partial charge in [0.2, 0.25) is 5.95 Å².